The Kier molecular flexibility index (Phi) is 6.73. The normalized spacial score (nSPS) is 12.3. The number of thioether (sulfide) groups is 1. The van der Waals surface area contributed by atoms with E-state index in [0.717, 1.165) is 4.88 Å². The Balaban J connectivity index is 1.52. The van der Waals surface area contributed by atoms with E-state index >= 15 is 0 Å². The maximum Gasteiger partial charge on any atom is 0.341 e. The number of fused-ring (bicyclic) bond motifs is 1. The van der Waals surface area contributed by atoms with Gasteiger partial charge in [-0.25, -0.2) is 9.78 Å². The molecule has 1 aliphatic heterocycles. The summed E-state index contributed by atoms with van der Waals surface area (Å²) < 4.78 is 16.6. The molecule has 4 rings (SSSR count). The SMILES string of the molecule is CSc1ncccc1C(=O)OCC(=O)N(Cc1cccs1)c1ccc2c(c1)OCCO2. The quantitative estimate of drug-likeness (QED) is 0.392. The number of hydrogen-bond donors (Lipinski definition) is 0. The standard InChI is InChI=1S/C22H20N2O5S2/c1-30-21-17(5-2-8-23-21)22(26)29-14-20(25)24(13-16-4-3-11-31-16)15-6-7-18-19(12-15)28-10-9-27-18/h2-8,11-12H,9-10,13-14H2,1H3. The zero-order valence-electron chi connectivity index (χ0n) is 16.8. The number of benzene rings is 1. The summed E-state index contributed by atoms with van der Waals surface area (Å²) in [5, 5.41) is 2.51. The molecule has 0 bridgehead atoms. The lowest BCUT2D eigenvalue weighted by Crippen LogP contribution is -2.34. The van der Waals surface area contributed by atoms with E-state index in [2.05, 4.69) is 4.98 Å². The second-order valence-electron chi connectivity index (χ2n) is 6.52. The molecule has 0 N–H and O–H groups in total. The van der Waals surface area contributed by atoms with Crippen LogP contribution >= 0.6 is 23.1 Å². The highest BCUT2D eigenvalue weighted by atomic mass is 32.2. The molecule has 0 spiro atoms. The number of nitrogens with zero attached hydrogens (tertiary/aromatic N) is 2. The molecular formula is C22H20N2O5S2. The molecule has 31 heavy (non-hydrogen) atoms. The van der Waals surface area contributed by atoms with Crippen molar-refractivity contribution in [3.63, 3.8) is 0 Å². The lowest BCUT2D eigenvalue weighted by atomic mass is 10.2. The lowest BCUT2D eigenvalue weighted by Gasteiger charge is -2.25. The van der Waals surface area contributed by atoms with Gasteiger partial charge in [0.15, 0.2) is 18.1 Å². The zero-order chi connectivity index (χ0) is 21.6. The molecule has 0 atom stereocenters. The van der Waals surface area contributed by atoms with E-state index in [1.54, 1.807) is 52.8 Å². The van der Waals surface area contributed by atoms with Gasteiger partial charge in [0.1, 0.15) is 18.2 Å². The van der Waals surface area contributed by atoms with Crippen LogP contribution < -0.4 is 14.4 Å². The number of carbonyl (C=O) groups is 2. The number of rotatable bonds is 7. The molecule has 160 valence electrons. The van der Waals surface area contributed by atoms with Crippen molar-refractivity contribution in [1.29, 1.82) is 0 Å². The van der Waals surface area contributed by atoms with Gasteiger partial charge in [0.2, 0.25) is 0 Å². The number of thiophene rings is 1. The van der Waals surface area contributed by atoms with Crippen LogP contribution in [0.2, 0.25) is 0 Å². The van der Waals surface area contributed by atoms with Crippen LogP contribution in [0, 0.1) is 0 Å². The van der Waals surface area contributed by atoms with Crippen LogP contribution in [0.5, 0.6) is 11.5 Å². The first kappa shape index (κ1) is 21.2. The van der Waals surface area contributed by atoms with Gasteiger partial charge in [-0.15, -0.1) is 23.1 Å². The van der Waals surface area contributed by atoms with Crippen molar-refractivity contribution in [3.05, 3.63) is 64.5 Å². The highest BCUT2D eigenvalue weighted by molar-refractivity contribution is 7.98. The number of pyridine rings is 1. The smallest absolute Gasteiger partial charge is 0.341 e. The van der Waals surface area contributed by atoms with Crippen LogP contribution in [-0.4, -0.2) is 42.9 Å². The zero-order valence-corrected chi connectivity index (χ0v) is 18.4. The second-order valence-corrected chi connectivity index (χ2v) is 8.35. The fraction of sp³-hybridized carbons (Fsp3) is 0.227. The monoisotopic (exact) mass is 456 g/mol. The van der Waals surface area contributed by atoms with Crippen LogP contribution in [0.1, 0.15) is 15.2 Å². The summed E-state index contributed by atoms with van der Waals surface area (Å²) in [7, 11) is 0. The van der Waals surface area contributed by atoms with Gasteiger partial charge in [0.25, 0.3) is 5.91 Å². The summed E-state index contributed by atoms with van der Waals surface area (Å²) in [4.78, 5) is 32.4. The van der Waals surface area contributed by atoms with Gasteiger partial charge in [-0.2, -0.15) is 0 Å². The third-order valence-electron chi connectivity index (χ3n) is 4.54. The summed E-state index contributed by atoms with van der Waals surface area (Å²) in [6, 6.07) is 12.5. The van der Waals surface area contributed by atoms with Crippen LogP contribution in [0.15, 0.2) is 59.1 Å². The molecule has 0 unspecified atom stereocenters. The van der Waals surface area contributed by atoms with Crippen molar-refractivity contribution in [2.75, 3.05) is 31.0 Å². The Bertz CT molecular complexity index is 1070. The molecule has 3 heterocycles. The molecule has 2 aromatic heterocycles. The molecule has 0 saturated carbocycles. The van der Waals surface area contributed by atoms with E-state index in [4.69, 9.17) is 14.2 Å². The van der Waals surface area contributed by atoms with Crippen molar-refractivity contribution < 1.29 is 23.8 Å². The first-order valence-corrected chi connectivity index (χ1v) is 11.6. The minimum atomic E-state index is -0.580. The molecule has 9 heteroatoms. The van der Waals surface area contributed by atoms with Crippen molar-refractivity contribution in [3.8, 4) is 11.5 Å². The summed E-state index contributed by atoms with van der Waals surface area (Å²) in [5.74, 6) is 0.313. The summed E-state index contributed by atoms with van der Waals surface area (Å²) in [6.07, 6.45) is 3.44. The fourth-order valence-electron chi connectivity index (χ4n) is 3.07. The Labute approximate surface area is 188 Å². The average molecular weight is 457 g/mol. The number of carbonyl (C=O) groups excluding carboxylic acids is 2. The third-order valence-corrected chi connectivity index (χ3v) is 6.12. The van der Waals surface area contributed by atoms with E-state index in [9.17, 15) is 9.59 Å². The Morgan fingerprint density at radius 3 is 2.77 bits per heavy atom. The van der Waals surface area contributed by atoms with Crippen LogP contribution in [-0.2, 0) is 16.1 Å². The summed E-state index contributed by atoms with van der Waals surface area (Å²) >= 11 is 2.90. The number of esters is 1. The first-order valence-electron chi connectivity index (χ1n) is 9.54. The average Bonchev–Trinajstić information content (AvgIpc) is 3.33. The maximum atomic E-state index is 13.1. The topological polar surface area (TPSA) is 78.0 Å². The van der Waals surface area contributed by atoms with Crippen molar-refractivity contribution in [1.82, 2.24) is 4.98 Å². The van der Waals surface area contributed by atoms with Crippen molar-refractivity contribution >= 4 is 40.7 Å². The number of amides is 1. The molecule has 0 radical (unpaired) electrons. The lowest BCUT2D eigenvalue weighted by molar-refractivity contribution is -0.121. The van der Waals surface area contributed by atoms with Gasteiger partial charge in [-0.3, -0.25) is 4.79 Å². The second kappa shape index (κ2) is 9.84. The van der Waals surface area contributed by atoms with E-state index in [0.29, 0.717) is 47.5 Å². The highest BCUT2D eigenvalue weighted by Gasteiger charge is 2.22. The number of hydrogen-bond acceptors (Lipinski definition) is 8. The predicted molar refractivity (Wildman–Crippen MR) is 119 cm³/mol. The van der Waals surface area contributed by atoms with Gasteiger partial charge >= 0.3 is 5.97 Å². The Morgan fingerprint density at radius 1 is 1.16 bits per heavy atom. The van der Waals surface area contributed by atoms with Crippen molar-refractivity contribution in [2.24, 2.45) is 0 Å². The molecule has 3 aromatic rings. The maximum absolute atomic E-state index is 13.1. The molecule has 0 fully saturated rings. The number of anilines is 1. The molecule has 1 aromatic carbocycles. The summed E-state index contributed by atoms with van der Waals surface area (Å²) in [6.45, 7) is 0.917. The number of ether oxygens (including phenoxy) is 3. The van der Waals surface area contributed by atoms with Gasteiger partial charge in [-0.1, -0.05) is 6.07 Å². The van der Waals surface area contributed by atoms with E-state index < -0.39 is 5.97 Å². The van der Waals surface area contributed by atoms with E-state index in [1.165, 1.54) is 11.8 Å². The van der Waals surface area contributed by atoms with Gasteiger partial charge in [0, 0.05) is 22.8 Å². The fourth-order valence-corrected chi connectivity index (χ4v) is 4.30. The third kappa shape index (κ3) is 5.00. The van der Waals surface area contributed by atoms with Crippen LogP contribution in [0.25, 0.3) is 0 Å². The van der Waals surface area contributed by atoms with Gasteiger partial charge < -0.3 is 19.1 Å². The minimum Gasteiger partial charge on any atom is -0.486 e. The van der Waals surface area contributed by atoms with Gasteiger partial charge in [-0.05, 0) is 42.0 Å². The Hall–Kier alpha value is -3.04. The van der Waals surface area contributed by atoms with E-state index in [-0.39, 0.29) is 12.5 Å². The molecule has 1 aliphatic rings. The van der Waals surface area contributed by atoms with Crippen molar-refractivity contribution in [2.45, 2.75) is 11.6 Å². The number of aromatic nitrogens is 1. The first-order chi connectivity index (χ1) is 15.2. The molecule has 0 saturated heterocycles. The van der Waals surface area contributed by atoms with Crippen LogP contribution in [0.3, 0.4) is 0 Å². The molecule has 1 amide bonds. The molecule has 7 nitrogen and oxygen atoms in total. The molecular weight excluding hydrogens is 436 g/mol. The summed E-state index contributed by atoms with van der Waals surface area (Å²) in [5.41, 5.74) is 0.983. The van der Waals surface area contributed by atoms with E-state index in [1.807, 2.05) is 23.8 Å². The predicted octanol–water partition coefficient (Wildman–Crippen LogP) is 4.03. The molecule has 0 aliphatic carbocycles. The Morgan fingerprint density at radius 2 is 2.00 bits per heavy atom. The van der Waals surface area contributed by atoms with Crippen LogP contribution in [0.4, 0.5) is 5.69 Å². The van der Waals surface area contributed by atoms with Gasteiger partial charge in [0.05, 0.1) is 12.1 Å². The minimum absolute atomic E-state index is 0.340. The largest absolute Gasteiger partial charge is 0.486 e. The highest BCUT2D eigenvalue weighted by Crippen LogP contribution is 2.34.